The number of ether oxygens (including phenoxy) is 1. The van der Waals surface area contributed by atoms with Crippen molar-refractivity contribution in [1.29, 1.82) is 0 Å². The molecule has 0 radical (unpaired) electrons. The van der Waals surface area contributed by atoms with Gasteiger partial charge in [0.05, 0.1) is 25.4 Å². The molecule has 0 bridgehead atoms. The van der Waals surface area contributed by atoms with Crippen LogP contribution in [0, 0.1) is 0 Å². The van der Waals surface area contributed by atoms with Crippen molar-refractivity contribution in [2.24, 2.45) is 0 Å². The monoisotopic (exact) mass is 253 g/mol. The number of aliphatic hydroxyl groups excluding tert-OH is 2. The minimum Gasteiger partial charge on any atom is -0.494 e. The van der Waals surface area contributed by atoms with Gasteiger partial charge in [-0.25, -0.2) is 0 Å². The predicted molar refractivity (Wildman–Crippen MR) is 71.7 cm³/mol. The van der Waals surface area contributed by atoms with Gasteiger partial charge in [0.1, 0.15) is 5.75 Å². The Kier molecular flexibility index (Phi) is 5.59. The molecule has 1 unspecified atom stereocenters. The zero-order valence-electron chi connectivity index (χ0n) is 11.3. The molecule has 0 amide bonds. The normalized spacial score (nSPS) is 13.4. The first-order valence-corrected chi connectivity index (χ1v) is 6.27. The molecule has 0 saturated heterocycles. The highest BCUT2D eigenvalue weighted by molar-refractivity contribution is 5.35. The average Bonchev–Trinajstić information content (AvgIpc) is 2.39. The average molecular weight is 253 g/mol. The lowest BCUT2D eigenvalue weighted by Crippen LogP contribution is -2.49. The van der Waals surface area contributed by atoms with E-state index >= 15 is 0 Å². The maximum Gasteiger partial charge on any atom is 0.124 e. The molecule has 0 spiro atoms. The van der Waals surface area contributed by atoms with E-state index in [1.54, 1.807) is 6.92 Å². The Morgan fingerprint density at radius 1 is 1.28 bits per heavy atom. The van der Waals surface area contributed by atoms with Crippen molar-refractivity contribution in [2.45, 2.75) is 32.4 Å². The van der Waals surface area contributed by atoms with E-state index in [9.17, 15) is 10.2 Å². The smallest absolute Gasteiger partial charge is 0.124 e. The highest BCUT2D eigenvalue weighted by atomic mass is 16.5. The summed E-state index contributed by atoms with van der Waals surface area (Å²) < 4.78 is 5.57. The molecule has 0 saturated carbocycles. The summed E-state index contributed by atoms with van der Waals surface area (Å²) in [6.07, 6.45) is 0. The van der Waals surface area contributed by atoms with Gasteiger partial charge in [-0.3, -0.25) is 0 Å². The number of hydrogen-bond acceptors (Lipinski definition) is 4. The molecular weight excluding hydrogens is 230 g/mol. The first kappa shape index (κ1) is 15.0. The first-order chi connectivity index (χ1) is 8.56. The molecule has 0 aliphatic carbocycles. The molecule has 102 valence electrons. The Bertz CT molecular complexity index is 364. The Labute approximate surface area is 109 Å². The molecular formula is C14H23NO3. The summed E-state index contributed by atoms with van der Waals surface area (Å²) in [4.78, 5) is 0. The van der Waals surface area contributed by atoms with E-state index in [2.05, 4.69) is 5.32 Å². The van der Waals surface area contributed by atoms with E-state index in [0.717, 1.165) is 11.3 Å². The first-order valence-electron chi connectivity index (χ1n) is 6.27. The van der Waals surface area contributed by atoms with Crippen LogP contribution in [0.25, 0.3) is 0 Å². The van der Waals surface area contributed by atoms with Gasteiger partial charge < -0.3 is 20.3 Å². The van der Waals surface area contributed by atoms with Crippen LogP contribution < -0.4 is 10.1 Å². The van der Waals surface area contributed by atoms with Gasteiger partial charge in [0, 0.05) is 11.6 Å². The van der Waals surface area contributed by atoms with Crippen molar-refractivity contribution in [2.75, 3.05) is 19.8 Å². The van der Waals surface area contributed by atoms with Gasteiger partial charge in [0.2, 0.25) is 0 Å². The highest BCUT2D eigenvalue weighted by Gasteiger charge is 2.25. The minimum absolute atomic E-state index is 0.0166. The van der Waals surface area contributed by atoms with E-state index in [1.807, 2.05) is 38.1 Å². The quantitative estimate of drug-likeness (QED) is 0.689. The van der Waals surface area contributed by atoms with Gasteiger partial charge in [-0.05, 0) is 26.8 Å². The fourth-order valence-corrected chi connectivity index (χ4v) is 1.87. The molecule has 0 aromatic heterocycles. The molecule has 1 aromatic rings. The highest BCUT2D eigenvalue weighted by Crippen LogP contribution is 2.26. The Hall–Kier alpha value is -1.10. The molecule has 4 heteroatoms. The summed E-state index contributed by atoms with van der Waals surface area (Å²) >= 11 is 0. The maximum absolute atomic E-state index is 9.30. The van der Waals surface area contributed by atoms with Crippen molar-refractivity contribution in [1.82, 2.24) is 5.32 Å². The molecule has 1 aromatic carbocycles. The Balaban J connectivity index is 2.86. The van der Waals surface area contributed by atoms with Gasteiger partial charge in [0.15, 0.2) is 0 Å². The van der Waals surface area contributed by atoms with Crippen LogP contribution in [0.3, 0.4) is 0 Å². The lowest BCUT2D eigenvalue weighted by Gasteiger charge is -2.31. The fourth-order valence-electron chi connectivity index (χ4n) is 1.87. The van der Waals surface area contributed by atoms with Crippen molar-refractivity contribution >= 4 is 0 Å². The Morgan fingerprint density at radius 3 is 2.44 bits per heavy atom. The zero-order chi connectivity index (χ0) is 13.6. The molecule has 0 aliphatic heterocycles. The van der Waals surface area contributed by atoms with Crippen molar-refractivity contribution in [3.63, 3.8) is 0 Å². The van der Waals surface area contributed by atoms with Gasteiger partial charge in [-0.2, -0.15) is 0 Å². The van der Waals surface area contributed by atoms with Gasteiger partial charge in [-0.15, -0.1) is 0 Å². The van der Waals surface area contributed by atoms with Crippen LogP contribution in [0.4, 0.5) is 0 Å². The predicted octanol–water partition coefficient (Wildman–Crippen LogP) is 1.48. The van der Waals surface area contributed by atoms with Crippen molar-refractivity contribution in [3.8, 4) is 5.75 Å². The summed E-state index contributed by atoms with van der Waals surface area (Å²) in [5.41, 5.74) is 0.325. The standard InChI is InChI=1S/C14H23NO3/c1-4-18-13-8-6-5-7-12(13)11(2)15-14(3,9-16)10-17/h5-8,11,15-17H,4,9-10H2,1-3H3. The van der Waals surface area contributed by atoms with Crippen LogP contribution in [0.15, 0.2) is 24.3 Å². The van der Waals surface area contributed by atoms with Crippen LogP contribution in [0.1, 0.15) is 32.4 Å². The molecule has 1 atom stereocenters. The lowest BCUT2D eigenvalue weighted by molar-refractivity contribution is 0.0953. The van der Waals surface area contributed by atoms with E-state index in [4.69, 9.17) is 4.74 Å². The zero-order valence-corrected chi connectivity index (χ0v) is 11.3. The summed E-state index contributed by atoms with van der Waals surface area (Å²) in [5.74, 6) is 0.832. The van der Waals surface area contributed by atoms with Gasteiger partial charge >= 0.3 is 0 Å². The maximum atomic E-state index is 9.30. The van der Waals surface area contributed by atoms with Crippen LogP contribution in [0.5, 0.6) is 5.75 Å². The summed E-state index contributed by atoms with van der Waals surface area (Å²) in [5, 5.41) is 21.8. The summed E-state index contributed by atoms with van der Waals surface area (Å²) in [6.45, 7) is 6.09. The van der Waals surface area contributed by atoms with Crippen LogP contribution in [-0.4, -0.2) is 35.6 Å². The molecule has 3 N–H and O–H groups in total. The van der Waals surface area contributed by atoms with Crippen LogP contribution in [0.2, 0.25) is 0 Å². The van der Waals surface area contributed by atoms with Crippen molar-refractivity contribution in [3.05, 3.63) is 29.8 Å². The fraction of sp³-hybridized carbons (Fsp3) is 0.571. The number of nitrogens with one attached hydrogen (secondary N) is 1. The van der Waals surface area contributed by atoms with E-state index in [1.165, 1.54) is 0 Å². The summed E-state index contributed by atoms with van der Waals surface area (Å²) in [6, 6.07) is 7.77. The number of hydrogen-bond donors (Lipinski definition) is 3. The third-order valence-electron chi connectivity index (χ3n) is 2.95. The molecule has 0 heterocycles. The summed E-state index contributed by atoms with van der Waals surface area (Å²) in [7, 11) is 0. The number of aliphatic hydroxyl groups is 2. The van der Waals surface area contributed by atoms with Gasteiger partial charge in [-0.1, -0.05) is 18.2 Å². The Morgan fingerprint density at radius 2 is 1.89 bits per heavy atom. The second kappa shape index (κ2) is 6.73. The van der Waals surface area contributed by atoms with E-state index in [-0.39, 0.29) is 19.3 Å². The topological polar surface area (TPSA) is 61.7 Å². The third-order valence-corrected chi connectivity index (χ3v) is 2.95. The SMILES string of the molecule is CCOc1ccccc1C(C)NC(C)(CO)CO. The van der Waals surface area contributed by atoms with Crippen molar-refractivity contribution < 1.29 is 14.9 Å². The second-order valence-electron chi connectivity index (χ2n) is 4.71. The molecule has 1 rings (SSSR count). The number of rotatable bonds is 7. The lowest BCUT2D eigenvalue weighted by atomic mass is 10.00. The van der Waals surface area contributed by atoms with Crippen LogP contribution >= 0.6 is 0 Å². The minimum atomic E-state index is -0.696. The number of benzene rings is 1. The molecule has 0 fully saturated rings. The van der Waals surface area contributed by atoms with E-state index < -0.39 is 5.54 Å². The second-order valence-corrected chi connectivity index (χ2v) is 4.71. The number of para-hydroxylation sites is 1. The van der Waals surface area contributed by atoms with Crippen LogP contribution in [-0.2, 0) is 0 Å². The largest absolute Gasteiger partial charge is 0.494 e. The van der Waals surface area contributed by atoms with Gasteiger partial charge in [0.25, 0.3) is 0 Å². The molecule has 18 heavy (non-hydrogen) atoms. The van der Waals surface area contributed by atoms with E-state index in [0.29, 0.717) is 6.61 Å². The molecule has 4 nitrogen and oxygen atoms in total. The molecule has 0 aliphatic rings. The third kappa shape index (κ3) is 3.70.